The summed E-state index contributed by atoms with van der Waals surface area (Å²) in [6.07, 6.45) is 3.08. The lowest BCUT2D eigenvalue weighted by molar-refractivity contribution is 0.398. The lowest BCUT2D eigenvalue weighted by atomic mass is 10.2. The van der Waals surface area contributed by atoms with Crippen molar-refractivity contribution in [2.75, 3.05) is 24.9 Å². The normalized spacial score (nSPS) is 12.8. The number of nitrogens with zero attached hydrogens (tertiary/aromatic N) is 3. The number of ether oxygens (including phenoxy) is 1. The van der Waals surface area contributed by atoms with Crippen LogP contribution in [0.4, 0.5) is 5.95 Å². The summed E-state index contributed by atoms with van der Waals surface area (Å²) in [5.41, 5.74) is 7.63. The second kappa shape index (κ2) is 5.48. The number of fused-ring (bicyclic) bond motifs is 1. The first-order chi connectivity index (χ1) is 8.71. The molecule has 1 unspecified atom stereocenters. The van der Waals surface area contributed by atoms with Gasteiger partial charge in [0.25, 0.3) is 0 Å². The van der Waals surface area contributed by atoms with Gasteiger partial charge in [0.1, 0.15) is 5.52 Å². The first kappa shape index (κ1) is 13.0. The topological polar surface area (TPSA) is 66.0 Å². The molecule has 2 aromatic rings. The van der Waals surface area contributed by atoms with Crippen LogP contribution in [-0.2, 0) is 0 Å². The van der Waals surface area contributed by atoms with Crippen molar-refractivity contribution in [1.29, 1.82) is 0 Å². The third-order valence-corrected chi connectivity index (χ3v) is 3.66. The summed E-state index contributed by atoms with van der Waals surface area (Å²) < 4.78 is 7.17. The van der Waals surface area contributed by atoms with E-state index >= 15 is 0 Å². The molecule has 0 amide bonds. The molecule has 5 nitrogen and oxygen atoms in total. The molecule has 98 valence electrons. The highest BCUT2D eigenvalue weighted by molar-refractivity contribution is 7.98. The Kier molecular flexibility index (Phi) is 3.96. The molecule has 1 atom stereocenters. The second-order valence-corrected chi connectivity index (χ2v) is 4.96. The Morgan fingerprint density at radius 3 is 2.83 bits per heavy atom. The van der Waals surface area contributed by atoms with Crippen molar-refractivity contribution in [2.45, 2.75) is 19.4 Å². The molecule has 0 aliphatic carbocycles. The zero-order valence-electron chi connectivity index (χ0n) is 10.9. The van der Waals surface area contributed by atoms with Gasteiger partial charge in [-0.2, -0.15) is 16.7 Å². The number of hydrogen-bond acceptors (Lipinski definition) is 5. The zero-order valence-corrected chi connectivity index (χ0v) is 11.7. The van der Waals surface area contributed by atoms with E-state index in [-0.39, 0.29) is 0 Å². The molecule has 0 bridgehead atoms. The summed E-state index contributed by atoms with van der Waals surface area (Å²) in [5, 5.41) is 0. The molecule has 6 heteroatoms. The van der Waals surface area contributed by atoms with Crippen LogP contribution in [0.2, 0.25) is 0 Å². The molecule has 2 aromatic heterocycles. The highest BCUT2D eigenvalue weighted by Crippen LogP contribution is 2.26. The molecule has 0 aromatic carbocycles. The summed E-state index contributed by atoms with van der Waals surface area (Å²) in [6, 6.07) is 4.00. The summed E-state index contributed by atoms with van der Waals surface area (Å²) >= 11 is 1.80. The minimum absolute atomic E-state index is 0.310. The van der Waals surface area contributed by atoms with Gasteiger partial charge in [-0.3, -0.25) is 4.57 Å². The van der Waals surface area contributed by atoms with Crippen molar-refractivity contribution >= 4 is 28.9 Å². The summed E-state index contributed by atoms with van der Waals surface area (Å²) in [7, 11) is 1.61. The Bertz CT molecular complexity index is 540. The number of rotatable bonds is 5. The number of imidazole rings is 1. The van der Waals surface area contributed by atoms with E-state index in [0.717, 1.165) is 23.3 Å². The first-order valence-corrected chi connectivity index (χ1v) is 7.28. The fourth-order valence-corrected chi connectivity index (χ4v) is 2.78. The van der Waals surface area contributed by atoms with Crippen LogP contribution in [0.25, 0.3) is 11.2 Å². The van der Waals surface area contributed by atoms with Gasteiger partial charge in [0.05, 0.1) is 7.11 Å². The van der Waals surface area contributed by atoms with E-state index in [1.165, 1.54) is 0 Å². The van der Waals surface area contributed by atoms with E-state index < -0.39 is 0 Å². The third-order valence-electron chi connectivity index (χ3n) is 2.94. The second-order valence-electron chi connectivity index (χ2n) is 4.05. The fourth-order valence-electron chi connectivity index (χ4n) is 2.02. The van der Waals surface area contributed by atoms with Crippen molar-refractivity contribution in [3.05, 3.63) is 12.1 Å². The molecule has 0 fully saturated rings. The Morgan fingerprint density at radius 1 is 1.44 bits per heavy atom. The average Bonchev–Trinajstić information content (AvgIpc) is 2.71. The van der Waals surface area contributed by atoms with Crippen LogP contribution < -0.4 is 10.5 Å². The van der Waals surface area contributed by atoms with E-state index in [2.05, 4.69) is 23.1 Å². The van der Waals surface area contributed by atoms with Gasteiger partial charge in [-0.05, 0) is 18.7 Å². The van der Waals surface area contributed by atoms with Crippen LogP contribution >= 0.6 is 11.8 Å². The SMILES string of the molecule is CCC(CSC)n1c(N)nc2ccc(OC)nc21. The lowest BCUT2D eigenvalue weighted by Gasteiger charge is -2.17. The van der Waals surface area contributed by atoms with Crippen molar-refractivity contribution in [3.63, 3.8) is 0 Å². The molecule has 18 heavy (non-hydrogen) atoms. The summed E-state index contributed by atoms with van der Waals surface area (Å²) in [6.45, 7) is 2.15. The van der Waals surface area contributed by atoms with Crippen LogP contribution in [0.3, 0.4) is 0 Å². The van der Waals surface area contributed by atoms with Gasteiger partial charge >= 0.3 is 0 Å². The smallest absolute Gasteiger partial charge is 0.215 e. The molecule has 2 heterocycles. The van der Waals surface area contributed by atoms with Crippen molar-refractivity contribution < 1.29 is 4.74 Å². The van der Waals surface area contributed by atoms with Crippen molar-refractivity contribution in [3.8, 4) is 5.88 Å². The minimum Gasteiger partial charge on any atom is -0.481 e. The molecular weight excluding hydrogens is 248 g/mol. The minimum atomic E-state index is 0.310. The largest absolute Gasteiger partial charge is 0.481 e. The van der Waals surface area contributed by atoms with Gasteiger partial charge < -0.3 is 10.5 Å². The molecule has 0 radical (unpaired) electrons. The van der Waals surface area contributed by atoms with E-state index in [0.29, 0.717) is 17.9 Å². The highest BCUT2D eigenvalue weighted by Gasteiger charge is 2.17. The molecule has 0 saturated carbocycles. The molecule has 0 aliphatic rings. The molecule has 0 aliphatic heterocycles. The van der Waals surface area contributed by atoms with Crippen LogP contribution in [0, 0.1) is 0 Å². The Labute approximate surface area is 111 Å². The van der Waals surface area contributed by atoms with Gasteiger partial charge in [0, 0.05) is 17.9 Å². The third kappa shape index (κ3) is 2.25. The standard InChI is InChI=1S/C12H18N4OS/c1-4-8(7-18-3)16-11-9(14-12(16)13)5-6-10(15-11)17-2/h5-6,8H,4,7H2,1-3H3,(H2,13,14). The van der Waals surface area contributed by atoms with Crippen molar-refractivity contribution in [1.82, 2.24) is 14.5 Å². The maximum atomic E-state index is 6.01. The predicted octanol–water partition coefficient (Wildman–Crippen LogP) is 2.34. The number of nitrogens with two attached hydrogens (primary N) is 1. The predicted molar refractivity (Wildman–Crippen MR) is 76.2 cm³/mol. The summed E-state index contributed by atoms with van der Waals surface area (Å²) in [5.74, 6) is 2.10. The van der Waals surface area contributed by atoms with Gasteiger partial charge in [-0.15, -0.1) is 0 Å². The average molecular weight is 266 g/mol. The van der Waals surface area contributed by atoms with E-state index in [1.807, 2.05) is 10.6 Å². The van der Waals surface area contributed by atoms with Gasteiger partial charge in [0.2, 0.25) is 11.8 Å². The zero-order chi connectivity index (χ0) is 13.1. The maximum absolute atomic E-state index is 6.01. The number of anilines is 1. The molecule has 0 spiro atoms. The Hall–Kier alpha value is -1.43. The van der Waals surface area contributed by atoms with E-state index in [9.17, 15) is 0 Å². The lowest BCUT2D eigenvalue weighted by Crippen LogP contribution is -2.14. The monoisotopic (exact) mass is 266 g/mol. The van der Waals surface area contributed by atoms with Gasteiger partial charge in [-0.25, -0.2) is 4.98 Å². The number of thioether (sulfide) groups is 1. The quantitative estimate of drug-likeness (QED) is 0.899. The number of nitrogen functional groups attached to an aromatic ring is 1. The number of aromatic nitrogens is 3. The number of pyridine rings is 1. The van der Waals surface area contributed by atoms with E-state index in [4.69, 9.17) is 10.5 Å². The summed E-state index contributed by atoms with van der Waals surface area (Å²) in [4.78, 5) is 8.81. The molecule has 2 rings (SSSR count). The highest BCUT2D eigenvalue weighted by atomic mass is 32.2. The van der Waals surface area contributed by atoms with Crippen molar-refractivity contribution in [2.24, 2.45) is 0 Å². The maximum Gasteiger partial charge on any atom is 0.215 e. The Balaban J connectivity index is 2.56. The molecule has 0 saturated heterocycles. The van der Waals surface area contributed by atoms with Crippen LogP contribution in [0.15, 0.2) is 12.1 Å². The molecular formula is C12H18N4OS. The fraction of sp³-hybridized carbons (Fsp3) is 0.500. The van der Waals surface area contributed by atoms with Gasteiger partial charge in [-0.1, -0.05) is 6.92 Å². The molecule has 2 N–H and O–H groups in total. The number of hydrogen-bond donors (Lipinski definition) is 1. The van der Waals surface area contributed by atoms with Crippen LogP contribution in [0.1, 0.15) is 19.4 Å². The van der Waals surface area contributed by atoms with Crippen LogP contribution in [0.5, 0.6) is 5.88 Å². The van der Waals surface area contributed by atoms with Gasteiger partial charge in [0.15, 0.2) is 5.65 Å². The Morgan fingerprint density at radius 2 is 2.22 bits per heavy atom. The number of methoxy groups -OCH3 is 1. The van der Waals surface area contributed by atoms with E-state index in [1.54, 1.807) is 24.9 Å². The first-order valence-electron chi connectivity index (χ1n) is 5.88. The van der Waals surface area contributed by atoms with Crippen LogP contribution in [-0.4, -0.2) is 33.7 Å².